The molecule has 0 fully saturated rings. The fourth-order valence-corrected chi connectivity index (χ4v) is 4.90. The molecule has 0 atom stereocenters. The number of hydrogen-bond donors (Lipinski definition) is 1. The zero-order valence-corrected chi connectivity index (χ0v) is 20.3. The van der Waals surface area contributed by atoms with E-state index in [0.717, 1.165) is 26.9 Å². The topological polar surface area (TPSA) is 102 Å². The number of amides is 1. The molecule has 0 saturated heterocycles. The summed E-state index contributed by atoms with van der Waals surface area (Å²) >= 11 is 1.40. The van der Waals surface area contributed by atoms with Crippen LogP contribution in [0.1, 0.15) is 33.3 Å². The zero-order valence-electron chi connectivity index (χ0n) is 19.5. The first-order valence-electron chi connectivity index (χ1n) is 10.8. The number of pyridine rings is 2. The highest BCUT2D eigenvalue weighted by molar-refractivity contribution is 7.20. The Kier molecular flexibility index (Phi) is 7.17. The summed E-state index contributed by atoms with van der Waals surface area (Å²) in [6, 6.07) is 7.49. The minimum atomic E-state index is -0.0551. The molecule has 10 heteroatoms. The lowest BCUT2D eigenvalue weighted by Crippen LogP contribution is -2.26. The standard InChI is InChI=1S/C24H26N6O3S/c1-5-17-20-22(27-12-15-6-8-25-18(10-15)32-3)28-14-29-23(20)34-21(17)24(31)30(2)13-16-7-9-26-19(11-16)33-4/h6-11,14H,5,12-13H2,1-4H3,(H,27,28,29). The van der Waals surface area contributed by atoms with E-state index in [1.807, 2.05) is 31.2 Å². The monoisotopic (exact) mass is 478 g/mol. The number of rotatable bonds is 9. The number of nitrogens with zero attached hydrogens (tertiary/aromatic N) is 5. The Balaban J connectivity index is 1.60. The van der Waals surface area contributed by atoms with Gasteiger partial charge in [0.2, 0.25) is 11.8 Å². The number of ether oxygens (including phenoxy) is 2. The number of thiophene rings is 1. The van der Waals surface area contributed by atoms with Gasteiger partial charge in [0.05, 0.1) is 24.5 Å². The molecular formula is C24H26N6O3S. The van der Waals surface area contributed by atoms with Gasteiger partial charge in [-0.25, -0.2) is 19.9 Å². The molecule has 0 aromatic carbocycles. The fraction of sp³-hybridized carbons (Fsp3) is 0.292. The summed E-state index contributed by atoms with van der Waals surface area (Å²) in [6.07, 6.45) is 5.59. The van der Waals surface area contributed by atoms with Crippen LogP contribution in [0.5, 0.6) is 11.8 Å². The van der Waals surface area contributed by atoms with Crippen LogP contribution in [-0.2, 0) is 19.5 Å². The summed E-state index contributed by atoms with van der Waals surface area (Å²) in [5.41, 5.74) is 2.90. The van der Waals surface area contributed by atoms with E-state index in [0.29, 0.717) is 42.0 Å². The van der Waals surface area contributed by atoms with E-state index in [2.05, 4.69) is 25.3 Å². The number of aryl methyl sites for hydroxylation is 1. The number of carbonyl (C=O) groups is 1. The Labute approximate surface area is 201 Å². The lowest BCUT2D eigenvalue weighted by atomic mass is 10.1. The minimum absolute atomic E-state index is 0.0551. The lowest BCUT2D eigenvalue weighted by Gasteiger charge is -2.17. The second kappa shape index (κ2) is 10.4. The van der Waals surface area contributed by atoms with Crippen LogP contribution in [-0.4, -0.2) is 52.0 Å². The molecule has 0 aliphatic rings. The van der Waals surface area contributed by atoms with Crippen LogP contribution in [0.3, 0.4) is 0 Å². The molecule has 4 heterocycles. The first kappa shape index (κ1) is 23.4. The fourth-order valence-electron chi connectivity index (χ4n) is 3.67. The van der Waals surface area contributed by atoms with Gasteiger partial charge in [-0.3, -0.25) is 4.79 Å². The molecule has 0 radical (unpaired) electrons. The Morgan fingerprint density at radius 3 is 2.38 bits per heavy atom. The van der Waals surface area contributed by atoms with Crippen molar-refractivity contribution in [2.45, 2.75) is 26.4 Å². The van der Waals surface area contributed by atoms with Gasteiger partial charge in [-0.15, -0.1) is 11.3 Å². The second-order valence-electron chi connectivity index (χ2n) is 7.59. The number of hydrogen-bond acceptors (Lipinski definition) is 9. The van der Waals surface area contributed by atoms with E-state index in [1.165, 1.54) is 17.7 Å². The van der Waals surface area contributed by atoms with Gasteiger partial charge in [-0.05, 0) is 35.2 Å². The largest absolute Gasteiger partial charge is 0.481 e. The number of methoxy groups -OCH3 is 2. The second-order valence-corrected chi connectivity index (χ2v) is 8.59. The normalized spacial score (nSPS) is 10.8. The van der Waals surface area contributed by atoms with E-state index in [-0.39, 0.29) is 5.91 Å². The van der Waals surface area contributed by atoms with Crippen LogP contribution in [0.25, 0.3) is 10.2 Å². The smallest absolute Gasteiger partial charge is 0.264 e. The van der Waals surface area contributed by atoms with Crippen molar-refractivity contribution >= 4 is 33.3 Å². The summed E-state index contributed by atoms with van der Waals surface area (Å²) in [4.78, 5) is 33.8. The zero-order chi connectivity index (χ0) is 24.1. The van der Waals surface area contributed by atoms with E-state index in [4.69, 9.17) is 9.47 Å². The van der Waals surface area contributed by atoms with Crippen LogP contribution in [0, 0.1) is 0 Å². The van der Waals surface area contributed by atoms with Crippen molar-refractivity contribution in [3.05, 3.63) is 64.6 Å². The van der Waals surface area contributed by atoms with Gasteiger partial charge in [0.25, 0.3) is 5.91 Å². The van der Waals surface area contributed by atoms with Crippen molar-refractivity contribution in [3.8, 4) is 11.8 Å². The Bertz CT molecular complexity index is 1310. The molecule has 176 valence electrons. The Morgan fingerprint density at radius 1 is 1.03 bits per heavy atom. The number of nitrogens with one attached hydrogen (secondary N) is 1. The SMILES string of the molecule is CCc1c(C(=O)N(C)Cc2ccnc(OC)c2)sc2ncnc(NCc3ccnc(OC)c3)c12. The van der Waals surface area contributed by atoms with Crippen molar-refractivity contribution in [1.82, 2.24) is 24.8 Å². The van der Waals surface area contributed by atoms with E-state index >= 15 is 0 Å². The summed E-state index contributed by atoms with van der Waals surface area (Å²) in [6.45, 7) is 3.02. The molecule has 9 nitrogen and oxygen atoms in total. The Hall–Kier alpha value is -3.79. The van der Waals surface area contributed by atoms with Gasteiger partial charge < -0.3 is 19.7 Å². The molecule has 0 unspecified atom stereocenters. The first-order valence-corrected chi connectivity index (χ1v) is 11.6. The third-order valence-corrected chi connectivity index (χ3v) is 6.51. The van der Waals surface area contributed by atoms with Crippen molar-refractivity contribution in [2.75, 3.05) is 26.6 Å². The maximum absolute atomic E-state index is 13.4. The van der Waals surface area contributed by atoms with Gasteiger partial charge in [-0.1, -0.05) is 6.92 Å². The average Bonchev–Trinajstić information content (AvgIpc) is 3.26. The highest BCUT2D eigenvalue weighted by Gasteiger charge is 2.23. The van der Waals surface area contributed by atoms with Crippen LogP contribution < -0.4 is 14.8 Å². The average molecular weight is 479 g/mol. The van der Waals surface area contributed by atoms with E-state index in [9.17, 15) is 4.79 Å². The molecular weight excluding hydrogens is 452 g/mol. The third kappa shape index (κ3) is 4.91. The minimum Gasteiger partial charge on any atom is -0.481 e. The van der Waals surface area contributed by atoms with Gasteiger partial charge in [0.1, 0.15) is 17.0 Å². The first-order chi connectivity index (χ1) is 16.5. The Morgan fingerprint density at radius 2 is 1.71 bits per heavy atom. The van der Waals surface area contributed by atoms with Gasteiger partial charge in [0, 0.05) is 44.7 Å². The molecule has 4 aromatic heterocycles. The maximum atomic E-state index is 13.4. The summed E-state index contributed by atoms with van der Waals surface area (Å²) in [7, 11) is 4.96. The molecule has 1 N–H and O–H groups in total. The molecule has 4 rings (SSSR count). The van der Waals surface area contributed by atoms with Gasteiger partial charge >= 0.3 is 0 Å². The predicted molar refractivity (Wildman–Crippen MR) is 131 cm³/mol. The molecule has 0 spiro atoms. The molecule has 0 bridgehead atoms. The van der Waals surface area contributed by atoms with Crippen LogP contribution in [0.4, 0.5) is 5.82 Å². The molecule has 1 amide bonds. The van der Waals surface area contributed by atoms with E-state index in [1.54, 1.807) is 38.6 Å². The maximum Gasteiger partial charge on any atom is 0.264 e. The number of aromatic nitrogens is 4. The molecule has 4 aromatic rings. The van der Waals surface area contributed by atoms with Crippen molar-refractivity contribution in [1.29, 1.82) is 0 Å². The number of fused-ring (bicyclic) bond motifs is 1. The van der Waals surface area contributed by atoms with Crippen LogP contribution >= 0.6 is 11.3 Å². The summed E-state index contributed by atoms with van der Waals surface area (Å²) in [5, 5.41) is 4.28. The summed E-state index contributed by atoms with van der Waals surface area (Å²) < 4.78 is 10.4. The highest BCUT2D eigenvalue weighted by Crippen LogP contribution is 2.35. The molecule has 0 aliphatic heterocycles. The van der Waals surface area contributed by atoms with Crippen molar-refractivity contribution in [2.24, 2.45) is 0 Å². The molecule has 0 saturated carbocycles. The lowest BCUT2D eigenvalue weighted by molar-refractivity contribution is 0.0789. The predicted octanol–water partition coefficient (Wildman–Crippen LogP) is 3.95. The van der Waals surface area contributed by atoms with Crippen LogP contribution in [0.15, 0.2) is 43.0 Å². The quantitative estimate of drug-likeness (QED) is 0.386. The number of carbonyl (C=O) groups excluding carboxylic acids is 1. The van der Waals surface area contributed by atoms with Crippen molar-refractivity contribution < 1.29 is 14.3 Å². The van der Waals surface area contributed by atoms with Crippen LogP contribution in [0.2, 0.25) is 0 Å². The molecule has 0 aliphatic carbocycles. The van der Waals surface area contributed by atoms with E-state index < -0.39 is 0 Å². The van der Waals surface area contributed by atoms with Crippen molar-refractivity contribution in [3.63, 3.8) is 0 Å². The summed E-state index contributed by atoms with van der Waals surface area (Å²) in [5.74, 6) is 1.72. The van der Waals surface area contributed by atoms with Gasteiger partial charge in [0.15, 0.2) is 0 Å². The van der Waals surface area contributed by atoms with Gasteiger partial charge in [-0.2, -0.15) is 0 Å². The third-order valence-electron chi connectivity index (χ3n) is 5.38. The molecule has 34 heavy (non-hydrogen) atoms. The number of anilines is 1. The highest BCUT2D eigenvalue weighted by atomic mass is 32.1.